The Bertz CT molecular complexity index is 587. The number of rotatable bonds is 8. The van der Waals surface area contributed by atoms with Crippen molar-refractivity contribution in [2.24, 2.45) is 5.73 Å². The van der Waals surface area contributed by atoms with Crippen molar-refractivity contribution in [2.75, 3.05) is 4.90 Å². The maximum Gasteiger partial charge on any atom is 0.231 e. The van der Waals surface area contributed by atoms with Crippen LogP contribution in [-0.4, -0.2) is 11.8 Å². The van der Waals surface area contributed by atoms with E-state index in [2.05, 4.69) is 0 Å². The van der Waals surface area contributed by atoms with Crippen LogP contribution in [0.1, 0.15) is 32.1 Å². The largest absolute Gasteiger partial charge is 0.370 e. The lowest BCUT2D eigenvalue weighted by Gasteiger charge is -2.23. The van der Waals surface area contributed by atoms with Crippen LogP contribution in [0.2, 0.25) is 0 Å². The minimum Gasteiger partial charge on any atom is -0.370 e. The molecule has 0 aromatic heterocycles. The molecule has 0 bridgehead atoms. The Morgan fingerprint density at radius 2 is 1.22 bits per heavy atom. The lowest BCUT2D eigenvalue weighted by atomic mass is 10.1. The second-order valence-corrected chi connectivity index (χ2v) is 5.43. The number of primary amides is 1. The van der Waals surface area contributed by atoms with E-state index in [-0.39, 0.29) is 11.8 Å². The van der Waals surface area contributed by atoms with Crippen molar-refractivity contribution >= 4 is 23.2 Å². The Morgan fingerprint density at radius 1 is 0.739 bits per heavy atom. The van der Waals surface area contributed by atoms with Gasteiger partial charge in [0.25, 0.3) is 0 Å². The number of para-hydroxylation sites is 2. The van der Waals surface area contributed by atoms with E-state index in [0.717, 1.165) is 30.6 Å². The Balaban J connectivity index is 2.03. The van der Waals surface area contributed by atoms with Crippen molar-refractivity contribution < 1.29 is 9.59 Å². The van der Waals surface area contributed by atoms with Gasteiger partial charge < -0.3 is 5.73 Å². The summed E-state index contributed by atoms with van der Waals surface area (Å²) in [5.41, 5.74) is 6.84. The summed E-state index contributed by atoms with van der Waals surface area (Å²) in [6.07, 6.45) is 3.14. The summed E-state index contributed by atoms with van der Waals surface area (Å²) in [6, 6.07) is 19.3. The maximum atomic E-state index is 12.7. The van der Waals surface area contributed by atoms with Gasteiger partial charge in [-0.1, -0.05) is 42.8 Å². The number of anilines is 2. The fourth-order valence-electron chi connectivity index (χ4n) is 2.46. The minimum absolute atomic E-state index is 0.0569. The number of carbonyl (C=O) groups excluding carboxylic acids is 2. The SMILES string of the molecule is NC(=O)CCCCCC(=O)N(c1ccccc1)c1ccccc1. The van der Waals surface area contributed by atoms with E-state index in [1.807, 2.05) is 60.7 Å². The van der Waals surface area contributed by atoms with Crippen molar-refractivity contribution in [3.05, 3.63) is 60.7 Å². The summed E-state index contributed by atoms with van der Waals surface area (Å²) in [4.78, 5) is 25.1. The van der Waals surface area contributed by atoms with Crippen LogP contribution < -0.4 is 10.6 Å². The quantitative estimate of drug-likeness (QED) is 0.754. The van der Waals surface area contributed by atoms with Crippen LogP contribution in [0.25, 0.3) is 0 Å². The van der Waals surface area contributed by atoms with E-state index < -0.39 is 0 Å². The lowest BCUT2D eigenvalue weighted by Crippen LogP contribution is -2.25. The molecule has 2 aromatic carbocycles. The molecule has 2 aromatic rings. The topological polar surface area (TPSA) is 63.4 Å². The average Bonchev–Trinajstić information content (AvgIpc) is 2.56. The highest BCUT2D eigenvalue weighted by Gasteiger charge is 2.17. The second kappa shape index (κ2) is 8.73. The van der Waals surface area contributed by atoms with Gasteiger partial charge >= 0.3 is 0 Å². The molecule has 23 heavy (non-hydrogen) atoms. The third-order valence-corrected chi connectivity index (χ3v) is 3.59. The highest BCUT2D eigenvalue weighted by Crippen LogP contribution is 2.26. The second-order valence-electron chi connectivity index (χ2n) is 5.43. The Kier molecular flexibility index (Phi) is 6.36. The number of benzene rings is 2. The van der Waals surface area contributed by atoms with Gasteiger partial charge in [-0.15, -0.1) is 0 Å². The molecule has 0 fully saturated rings. The number of carbonyl (C=O) groups is 2. The molecule has 0 unspecified atom stereocenters. The molecule has 0 aliphatic rings. The molecule has 0 heterocycles. The monoisotopic (exact) mass is 310 g/mol. The lowest BCUT2D eigenvalue weighted by molar-refractivity contribution is -0.118. The smallest absolute Gasteiger partial charge is 0.231 e. The van der Waals surface area contributed by atoms with E-state index in [0.29, 0.717) is 12.8 Å². The van der Waals surface area contributed by atoms with Crippen LogP contribution in [0, 0.1) is 0 Å². The van der Waals surface area contributed by atoms with Gasteiger partial charge in [-0.2, -0.15) is 0 Å². The van der Waals surface area contributed by atoms with Crippen molar-refractivity contribution in [1.29, 1.82) is 0 Å². The molecule has 2 N–H and O–H groups in total. The predicted molar refractivity (Wildman–Crippen MR) is 92.3 cm³/mol. The third kappa shape index (κ3) is 5.25. The first-order chi connectivity index (χ1) is 11.2. The van der Waals surface area contributed by atoms with E-state index >= 15 is 0 Å². The van der Waals surface area contributed by atoms with E-state index in [1.165, 1.54) is 0 Å². The van der Waals surface area contributed by atoms with Crippen LogP contribution in [0.3, 0.4) is 0 Å². The minimum atomic E-state index is -0.286. The molecule has 2 amide bonds. The van der Waals surface area contributed by atoms with Crippen LogP contribution >= 0.6 is 0 Å². The predicted octanol–water partition coefficient (Wildman–Crippen LogP) is 3.79. The van der Waals surface area contributed by atoms with Crippen molar-refractivity contribution in [1.82, 2.24) is 0 Å². The van der Waals surface area contributed by atoms with Gasteiger partial charge in [0.05, 0.1) is 0 Å². The van der Waals surface area contributed by atoms with Crippen LogP contribution in [0.4, 0.5) is 11.4 Å². The van der Waals surface area contributed by atoms with Gasteiger partial charge in [-0.3, -0.25) is 14.5 Å². The van der Waals surface area contributed by atoms with Gasteiger partial charge in [-0.25, -0.2) is 0 Å². The molecule has 0 spiro atoms. The zero-order valence-electron chi connectivity index (χ0n) is 13.2. The number of unbranched alkanes of at least 4 members (excludes halogenated alkanes) is 2. The average molecular weight is 310 g/mol. The van der Waals surface area contributed by atoms with Gasteiger partial charge in [0.2, 0.25) is 11.8 Å². The summed E-state index contributed by atoms with van der Waals surface area (Å²) in [5.74, 6) is -0.229. The Labute approximate surface area is 136 Å². The summed E-state index contributed by atoms with van der Waals surface area (Å²) in [7, 11) is 0. The molecule has 120 valence electrons. The molecule has 0 atom stereocenters. The van der Waals surface area contributed by atoms with Crippen molar-refractivity contribution in [3.8, 4) is 0 Å². The van der Waals surface area contributed by atoms with E-state index in [4.69, 9.17) is 5.73 Å². The molecule has 0 saturated heterocycles. The summed E-state index contributed by atoms with van der Waals surface area (Å²) < 4.78 is 0. The van der Waals surface area contributed by atoms with E-state index in [9.17, 15) is 9.59 Å². The maximum absolute atomic E-state index is 12.7. The normalized spacial score (nSPS) is 10.3. The number of nitrogens with zero attached hydrogens (tertiary/aromatic N) is 1. The Hall–Kier alpha value is -2.62. The van der Waals surface area contributed by atoms with Crippen molar-refractivity contribution in [2.45, 2.75) is 32.1 Å². The molecule has 2 rings (SSSR count). The zero-order chi connectivity index (χ0) is 16.5. The molecule has 0 aliphatic heterocycles. The first kappa shape index (κ1) is 16.7. The van der Waals surface area contributed by atoms with Crippen molar-refractivity contribution in [3.63, 3.8) is 0 Å². The molecular weight excluding hydrogens is 288 g/mol. The van der Waals surface area contributed by atoms with Gasteiger partial charge in [0.1, 0.15) is 0 Å². The fourth-order valence-corrected chi connectivity index (χ4v) is 2.46. The first-order valence-corrected chi connectivity index (χ1v) is 7.90. The standard InChI is InChI=1S/C19H22N2O2/c20-18(22)14-8-3-9-15-19(23)21(16-10-4-1-5-11-16)17-12-6-2-7-13-17/h1-2,4-7,10-13H,3,8-9,14-15H2,(H2,20,22). The fraction of sp³-hybridized carbons (Fsp3) is 0.263. The molecule has 0 saturated carbocycles. The molecule has 0 aliphatic carbocycles. The number of amides is 2. The first-order valence-electron chi connectivity index (χ1n) is 7.90. The molecule has 0 radical (unpaired) electrons. The molecule has 4 nitrogen and oxygen atoms in total. The van der Waals surface area contributed by atoms with Gasteiger partial charge in [-0.05, 0) is 37.1 Å². The number of hydrogen-bond donors (Lipinski definition) is 1. The van der Waals surface area contributed by atoms with E-state index in [1.54, 1.807) is 4.90 Å². The summed E-state index contributed by atoms with van der Waals surface area (Å²) in [5, 5.41) is 0. The highest BCUT2D eigenvalue weighted by atomic mass is 16.2. The molecule has 4 heteroatoms. The van der Waals surface area contributed by atoms with Crippen LogP contribution in [-0.2, 0) is 9.59 Å². The highest BCUT2D eigenvalue weighted by molar-refractivity contribution is 6.00. The Morgan fingerprint density at radius 3 is 1.70 bits per heavy atom. The van der Waals surface area contributed by atoms with Gasteiger partial charge in [0, 0.05) is 24.2 Å². The zero-order valence-corrected chi connectivity index (χ0v) is 13.2. The number of nitrogens with two attached hydrogens (primary N) is 1. The summed E-state index contributed by atoms with van der Waals surface area (Å²) in [6.45, 7) is 0. The van der Waals surface area contributed by atoms with Gasteiger partial charge in [0.15, 0.2) is 0 Å². The van der Waals surface area contributed by atoms with Crippen LogP contribution in [0.5, 0.6) is 0 Å². The molecular formula is C19H22N2O2. The summed E-state index contributed by atoms with van der Waals surface area (Å²) >= 11 is 0. The number of hydrogen-bond acceptors (Lipinski definition) is 2. The third-order valence-electron chi connectivity index (χ3n) is 3.59. The van der Waals surface area contributed by atoms with Crippen LogP contribution in [0.15, 0.2) is 60.7 Å².